The van der Waals surface area contributed by atoms with E-state index >= 15 is 0 Å². The van der Waals surface area contributed by atoms with E-state index < -0.39 is 0 Å². The van der Waals surface area contributed by atoms with Gasteiger partial charge in [-0.1, -0.05) is 62.0 Å². The number of halogens is 3. The number of rotatable bonds is 15. The van der Waals surface area contributed by atoms with Crippen LogP contribution in [0.3, 0.4) is 0 Å². The Morgan fingerprint density at radius 2 is 0.649 bits per heavy atom. The second-order valence-corrected chi connectivity index (χ2v) is 21.8. The van der Waals surface area contributed by atoms with Crippen molar-refractivity contribution in [2.45, 2.75) is 67.1 Å². The molecule has 6 heterocycles. The van der Waals surface area contributed by atoms with Gasteiger partial charge in [0.2, 0.25) is 17.9 Å². The van der Waals surface area contributed by atoms with Crippen LogP contribution in [0.2, 0.25) is 0 Å². The van der Waals surface area contributed by atoms with E-state index in [9.17, 15) is 27.6 Å². The van der Waals surface area contributed by atoms with Gasteiger partial charge < -0.3 is 45.1 Å². The Labute approximate surface area is 541 Å². The third-order valence-electron chi connectivity index (χ3n) is 15.5. The molecule has 12 rings (SSSR count). The number of amides is 3. The van der Waals surface area contributed by atoms with Gasteiger partial charge >= 0.3 is 0 Å². The monoisotopic (exact) mass is 1270 g/mol. The van der Waals surface area contributed by atoms with Crippen molar-refractivity contribution in [1.29, 1.82) is 0 Å². The molecule has 6 N–H and O–H groups in total. The molecule has 0 spiro atoms. The Hall–Kier alpha value is -11.8. The highest BCUT2D eigenvalue weighted by Crippen LogP contribution is 2.34. The molecule has 24 heteroatoms. The lowest BCUT2D eigenvalue weighted by molar-refractivity contribution is -0.124. The first-order chi connectivity index (χ1) is 44.6. The highest BCUT2D eigenvalue weighted by molar-refractivity contribution is 6.15. The van der Waals surface area contributed by atoms with Crippen LogP contribution in [0.4, 0.5) is 13.2 Å². The molecule has 21 nitrogen and oxygen atoms in total. The molecule has 0 saturated carbocycles. The fourth-order valence-corrected chi connectivity index (χ4v) is 10.6. The van der Waals surface area contributed by atoms with Gasteiger partial charge in [-0.3, -0.25) is 29.1 Å². The van der Waals surface area contributed by atoms with Crippen molar-refractivity contribution in [3.05, 3.63) is 250 Å². The van der Waals surface area contributed by atoms with Crippen molar-refractivity contribution < 1.29 is 41.8 Å². The highest BCUT2D eigenvalue weighted by Gasteiger charge is 2.36. The van der Waals surface area contributed by atoms with Crippen molar-refractivity contribution in [3.8, 4) is 34.3 Å². The Kier molecular flexibility index (Phi) is 20.2. The van der Waals surface area contributed by atoms with Gasteiger partial charge in [0.25, 0.3) is 17.7 Å². The standard InChI is InChI=1S/3C23H22FN5O2.CH4/c3*1-14-12-28(13-26-14)20-9-4-16(11-21(20)31-3)10-19-22(30)29(23(25)27-19)15(2)17-5-7-18(24)8-6-17;/h3*4-13,15H,1-3H3,(H2,25,27);1H4/b3*19-10-;/t3*15-;/m110./s1. The minimum absolute atomic E-state index is 0. The molecule has 3 aromatic heterocycles. The molecular weight excluding hydrogens is 1200 g/mol. The maximum atomic E-state index is 13.2. The maximum Gasteiger partial charge on any atom is 0.279 e. The number of hydrogen-bond acceptors (Lipinski definition) is 15. The average molecular weight is 1270 g/mol. The first-order valence-electron chi connectivity index (χ1n) is 29.1. The summed E-state index contributed by atoms with van der Waals surface area (Å²) in [4.78, 5) is 68.7. The normalized spacial score (nSPS) is 15.8. The van der Waals surface area contributed by atoms with Crippen molar-refractivity contribution in [2.75, 3.05) is 21.3 Å². The molecule has 0 fully saturated rings. The van der Waals surface area contributed by atoms with Gasteiger partial charge in [0.05, 0.1) is 92.6 Å². The number of carbonyl (C=O) groups is 3. The molecule has 0 saturated heterocycles. The number of imidazole rings is 3. The van der Waals surface area contributed by atoms with E-state index in [1.54, 1.807) is 94.9 Å². The van der Waals surface area contributed by atoms with Crippen molar-refractivity contribution in [1.82, 2.24) is 43.4 Å². The summed E-state index contributed by atoms with van der Waals surface area (Å²) in [5.74, 6) is 0.231. The summed E-state index contributed by atoms with van der Waals surface area (Å²) in [5.41, 5.74) is 28.5. The van der Waals surface area contributed by atoms with E-state index in [2.05, 4.69) is 29.9 Å². The van der Waals surface area contributed by atoms with Gasteiger partial charge in [-0.2, -0.15) is 0 Å². The molecule has 0 bridgehead atoms. The molecule has 3 amide bonds. The van der Waals surface area contributed by atoms with E-state index in [1.165, 1.54) is 51.1 Å². The minimum Gasteiger partial charge on any atom is -0.495 e. The lowest BCUT2D eigenvalue weighted by Gasteiger charge is -2.24. The largest absolute Gasteiger partial charge is 0.495 e. The van der Waals surface area contributed by atoms with Crippen LogP contribution >= 0.6 is 0 Å². The molecule has 3 aliphatic heterocycles. The molecular formula is C70H70F3N15O6. The first kappa shape index (κ1) is 66.6. The van der Waals surface area contributed by atoms with Gasteiger partial charge in [0.1, 0.15) is 51.8 Å². The summed E-state index contributed by atoms with van der Waals surface area (Å²) in [7, 11) is 4.76. The van der Waals surface area contributed by atoms with E-state index in [4.69, 9.17) is 31.4 Å². The first-order valence-corrected chi connectivity index (χ1v) is 29.1. The molecule has 0 radical (unpaired) electrons. The summed E-state index contributed by atoms with van der Waals surface area (Å²) < 4.78 is 61.9. The molecule has 482 valence electrons. The number of nitrogens with zero attached hydrogens (tertiary/aromatic N) is 12. The number of aromatic nitrogens is 6. The lowest BCUT2D eigenvalue weighted by atomic mass is 10.1. The minimum atomic E-state index is -0.385. The van der Waals surface area contributed by atoms with Gasteiger partial charge in [0, 0.05) is 18.6 Å². The molecule has 0 aliphatic carbocycles. The number of carbonyl (C=O) groups excluding carboxylic acids is 3. The summed E-state index contributed by atoms with van der Waals surface area (Å²) in [6, 6.07) is 33.5. The zero-order valence-electron chi connectivity index (χ0n) is 52.2. The molecule has 3 atom stereocenters. The molecule has 3 aliphatic rings. The number of benzene rings is 6. The van der Waals surface area contributed by atoms with Crippen LogP contribution in [0.5, 0.6) is 17.2 Å². The number of ether oxygens (including phenoxy) is 3. The van der Waals surface area contributed by atoms with Crippen molar-refractivity contribution in [2.24, 2.45) is 32.2 Å². The van der Waals surface area contributed by atoms with Gasteiger partial charge in [-0.05, 0) is 166 Å². The predicted octanol–water partition coefficient (Wildman–Crippen LogP) is 11.4. The quantitative estimate of drug-likeness (QED) is 0.0810. The number of aliphatic imine (C=N–C) groups is 3. The van der Waals surface area contributed by atoms with Gasteiger partial charge in [-0.15, -0.1) is 0 Å². The van der Waals surface area contributed by atoms with E-state index in [1.807, 2.05) is 128 Å². The van der Waals surface area contributed by atoms with Crippen LogP contribution in [0, 0.1) is 38.2 Å². The van der Waals surface area contributed by atoms with Crippen LogP contribution in [-0.4, -0.2) is 100 Å². The van der Waals surface area contributed by atoms with Crippen LogP contribution in [-0.2, 0) is 14.4 Å². The summed E-state index contributed by atoms with van der Waals surface area (Å²) >= 11 is 0. The third kappa shape index (κ3) is 14.5. The number of methoxy groups -OCH3 is 3. The zero-order chi connectivity index (χ0) is 66.4. The SMILES string of the molecule is C.COc1cc(/C=C2\N=C(N)N([C@@H](C)c3ccc(F)cc3)C2=O)ccc1-n1cnc(C)c1.COc1cc(/C=C2\N=C(N)N([C@H](C)c3ccc(F)cc3)C2=O)ccc1-n1cnc(C)c1.COc1cc(/C=C2\N=C(N)N([C@H](C)c3ccc(F)cc3)C2=O)ccc1-n1cnc(C)c1. The number of nitrogens with two attached hydrogens (primary N) is 3. The summed E-state index contributed by atoms with van der Waals surface area (Å²) in [5, 5.41) is 0. The predicted molar refractivity (Wildman–Crippen MR) is 355 cm³/mol. The van der Waals surface area contributed by atoms with E-state index in [0.717, 1.165) is 67.5 Å². The van der Waals surface area contributed by atoms with Crippen LogP contribution in [0.15, 0.2) is 197 Å². The summed E-state index contributed by atoms with van der Waals surface area (Å²) in [6.07, 6.45) is 15.8. The van der Waals surface area contributed by atoms with Crippen molar-refractivity contribution in [3.63, 3.8) is 0 Å². The van der Waals surface area contributed by atoms with Gasteiger partial charge in [-0.25, -0.2) is 43.1 Å². The fourth-order valence-electron chi connectivity index (χ4n) is 10.6. The molecule has 94 heavy (non-hydrogen) atoms. The number of guanidine groups is 3. The highest BCUT2D eigenvalue weighted by atomic mass is 19.1. The average Bonchev–Trinajstić information content (AvgIpc) is 1.66. The van der Waals surface area contributed by atoms with E-state index in [0.29, 0.717) is 17.2 Å². The smallest absolute Gasteiger partial charge is 0.279 e. The lowest BCUT2D eigenvalue weighted by Crippen LogP contribution is -2.39. The third-order valence-corrected chi connectivity index (χ3v) is 15.5. The summed E-state index contributed by atoms with van der Waals surface area (Å²) in [6.45, 7) is 11.2. The van der Waals surface area contributed by atoms with Crippen LogP contribution < -0.4 is 31.4 Å². The molecule has 0 unspecified atom stereocenters. The molecule has 9 aromatic rings. The van der Waals surface area contributed by atoms with Gasteiger partial charge in [0.15, 0.2) is 0 Å². The Balaban J connectivity index is 0.000000165. The van der Waals surface area contributed by atoms with Crippen LogP contribution in [0.1, 0.15) is 96.8 Å². The fraction of sp³-hybridized carbons (Fsp3) is 0.186. The van der Waals surface area contributed by atoms with E-state index in [-0.39, 0.29) is 95.7 Å². The number of aryl methyl sites for hydroxylation is 3. The Morgan fingerprint density at radius 3 is 0.862 bits per heavy atom. The zero-order valence-corrected chi connectivity index (χ0v) is 52.2. The maximum absolute atomic E-state index is 13.2. The second-order valence-electron chi connectivity index (χ2n) is 21.8. The van der Waals surface area contributed by atoms with Crippen molar-refractivity contribution >= 4 is 53.8 Å². The Bertz CT molecular complexity index is 4040. The second kappa shape index (κ2) is 28.6. The number of hydrogen-bond donors (Lipinski definition) is 3. The molecule has 6 aromatic carbocycles. The topological polar surface area (TPSA) is 257 Å². The Morgan fingerprint density at radius 1 is 0.404 bits per heavy atom. The van der Waals surface area contributed by atoms with Crippen LogP contribution in [0.25, 0.3) is 35.3 Å².